The molecule has 2 aromatic rings. The van der Waals surface area contributed by atoms with Crippen molar-refractivity contribution in [1.29, 1.82) is 0 Å². The fraction of sp³-hybridized carbons (Fsp3) is 0.533. The molecule has 0 aliphatic carbocycles. The predicted molar refractivity (Wildman–Crippen MR) is 85.3 cm³/mol. The van der Waals surface area contributed by atoms with Gasteiger partial charge in [-0.3, -0.25) is 0 Å². The van der Waals surface area contributed by atoms with Crippen molar-refractivity contribution in [1.82, 2.24) is 9.55 Å². The highest BCUT2D eigenvalue weighted by atomic mass is 35.5. The van der Waals surface area contributed by atoms with E-state index in [4.69, 9.17) is 23.8 Å². The fourth-order valence-corrected chi connectivity index (χ4v) is 3.22. The van der Waals surface area contributed by atoms with E-state index in [9.17, 15) is 0 Å². The topological polar surface area (TPSA) is 20.7 Å². The molecular weight excluding hydrogens is 276 g/mol. The molecule has 1 N–H and O–H groups in total. The van der Waals surface area contributed by atoms with E-state index in [2.05, 4.69) is 43.3 Å². The molecule has 0 fully saturated rings. The van der Waals surface area contributed by atoms with Crippen molar-refractivity contribution in [2.75, 3.05) is 0 Å². The number of H-pyrrole nitrogens is 1. The van der Waals surface area contributed by atoms with E-state index in [1.807, 2.05) is 12.1 Å². The van der Waals surface area contributed by atoms with Crippen LogP contribution in [0, 0.1) is 22.5 Å². The zero-order chi connectivity index (χ0) is 14.2. The van der Waals surface area contributed by atoms with Gasteiger partial charge in [0.25, 0.3) is 0 Å². The zero-order valence-electron chi connectivity index (χ0n) is 11.9. The van der Waals surface area contributed by atoms with Crippen LogP contribution in [0.5, 0.6) is 0 Å². The number of para-hydroxylation sites is 1. The Morgan fingerprint density at radius 2 is 1.84 bits per heavy atom. The molecule has 104 valence electrons. The molecule has 0 radical (unpaired) electrons. The Hall–Kier alpha value is -0.800. The number of imidazole rings is 1. The highest BCUT2D eigenvalue weighted by Crippen LogP contribution is 2.27. The number of aromatic amines is 1. The summed E-state index contributed by atoms with van der Waals surface area (Å²) in [6.07, 6.45) is 0. The van der Waals surface area contributed by atoms with Gasteiger partial charge in [-0.2, -0.15) is 0 Å². The van der Waals surface area contributed by atoms with Gasteiger partial charge in [0.05, 0.1) is 16.1 Å². The highest BCUT2D eigenvalue weighted by molar-refractivity contribution is 7.71. The van der Waals surface area contributed by atoms with E-state index in [0.717, 1.165) is 27.4 Å². The van der Waals surface area contributed by atoms with Gasteiger partial charge in [0.2, 0.25) is 0 Å². The van der Waals surface area contributed by atoms with Crippen molar-refractivity contribution < 1.29 is 0 Å². The molecule has 19 heavy (non-hydrogen) atoms. The van der Waals surface area contributed by atoms with Crippen LogP contribution in [-0.4, -0.2) is 9.55 Å². The predicted octanol–water partition coefficient (Wildman–Crippen LogP) is 5.28. The summed E-state index contributed by atoms with van der Waals surface area (Å²) in [5.41, 5.74) is 2.05. The zero-order valence-corrected chi connectivity index (χ0v) is 13.5. The molecule has 0 aliphatic rings. The molecule has 0 spiro atoms. The summed E-state index contributed by atoms with van der Waals surface area (Å²) in [4.78, 5) is 3.22. The van der Waals surface area contributed by atoms with Gasteiger partial charge in [-0.15, -0.1) is 0 Å². The van der Waals surface area contributed by atoms with Crippen molar-refractivity contribution in [3.8, 4) is 0 Å². The Bertz CT molecular complexity index is 617. The Morgan fingerprint density at radius 1 is 1.21 bits per heavy atom. The molecule has 1 aromatic heterocycles. The normalized spacial score (nSPS) is 12.2. The lowest BCUT2D eigenvalue weighted by atomic mass is 9.85. The molecule has 4 heteroatoms. The number of fused-ring (bicyclic) bond motifs is 1. The minimum absolute atomic E-state index is 0.602. The summed E-state index contributed by atoms with van der Waals surface area (Å²) in [5, 5.41) is 0.730. The van der Waals surface area contributed by atoms with E-state index in [1.165, 1.54) is 0 Å². The molecule has 0 atom stereocenters. The van der Waals surface area contributed by atoms with Crippen molar-refractivity contribution in [3.05, 3.63) is 28.0 Å². The van der Waals surface area contributed by atoms with E-state index >= 15 is 0 Å². The third kappa shape index (κ3) is 2.87. The number of aromatic nitrogens is 2. The van der Waals surface area contributed by atoms with Crippen LogP contribution in [0.15, 0.2) is 18.2 Å². The molecule has 2 nitrogen and oxygen atoms in total. The molecular formula is C15H21ClN2S. The lowest BCUT2D eigenvalue weighted by molar-refractivity contribution is 0.253. The average Bonchev–Trinajstić information content (AvgIpc) is 2.63. The van der Waals surface area contributed by atoms with Gasteiger partial charge >= 0.3 is 0 Å². The van der Waals surface area contributed by atoms with Crippen LogP contribution in [0.4, 0.5) is 0 Å². The molecule has 0 bridgehead atoms. The Morgan fingerprint density at radius 3 is 2.42 bits per heavy atom. The molecule has 0 amide bonds. The maximum absolute atomic E-state index is 6.21. The Labute approximate surface area is 124 Å². The number of hydrogen-bond acceptors (Lipinski definition) is 1. The van der Waals surface area contributed by atoms with Gasteiger partial charge in [0.15, 0.2) is 4.77 Å². The first-order valence-electron chi connectivity index (χ1n) is 6.78. The molecule has 2 rings (SSSR count). The monoisotopic (exact) mass is 296 g/mol. The third-order valence-corrected chi connectivity index (χ3v) is 4.50. The standard InChI is InChI=1S/C15H21ClN2S/c1-9(2)11(10(3)4)8-18-13-7-5-6-12(16)14(13)17-15(18)19/h5-7,9-11H,8H2,1-4H3,(H,17,19). The average molecular weight is 297 g/mol. The largest absolute Gasteiger partial charge is 0.329 e. The Balaban J connectivity index is 2.48. The first kappa shape index (κ1) is 14.6. The smallest absolute Gasteiger partial charge is 0.178 e. The van der Waals surface area contributed by atoms with Crippen LogP contribution < -0.4 is 0 Å². The van der Waals surface area contributed by atoms with Gasteiger partial charge in [0.1, 0.15) is 0 Å². The second kappa shape index (κ2) is 5.68. The molecule has 0 aliphatic heterocycles. The van der Waals surface area contributed by atoms with E-state index in [0.29, 0.717) is 17.8 Å². The van der Waals surface area contributed by atoms with Gasteiger partial charge in [-0.25, -0.2) is 0 Å². The van der Waals surface area contributed by atoms with Gasteiger partial charge in [0, 0.05) is 6.54 Å². The number of rotatable bonds is 4. The van der Waals surface area contributed by atoms with E-state index < -0.39 is 0 Å². The molecule has 0 unspecified atom stereocenters. The van der Waals surface area contributed by atoms with Crippen LogP contribution in [-0.2, 0) is 6.54 Å². The van der Waals surface area contributed by atoms with Crippen molar-refractivity contribution in [2.45, 2.75) is 34.2 Å². The fourth-order valence-electron chi connectivity index (χ4n) is 2.73. The van der Waals surface area contributed by atoms with Gasteiger partial charge in [-0.05, 0) is 42.1 Å². The summed E-state index contributed by atoms with van der Waals surface area (Å²) in [6, 6.07) is 5.94. The lowest BCUT2D eigenvalue weighted by Gasteiger charge is -2.25. The number of nitrogens with one attached hydrogen (secondary N) is 1. The first-order chi connectivity index (χ1) is 8.91. The van der Waals surface area contributed by atoms with Crippen molar-refractivity contribution in [3.63, 3.8) is 0 Å². The summed E-state index contributed by atoms with van der Waals surface area (Å²) in [6.45, 7) is 10.0. The number of halogens is 1. The molecule has 1 aromatic carbocycles. The van der Waals surface area contributed by atoms with Crippen molar-refractivity contribution >= 4 is 34.9 Å². The van der Waals surface area contributed by atoms with E-state index in [1.54, 1.807) is 0 Å². The third-order valence-electron chi connectivity index (χ3n) is 3.87. The van der Waals surface area contributed by atoms with Crippen LogP contribution in [0.2, 0.25) is 5.02 Å². The highest BCUT2D eigenvalue weighted by Gasteiger charge is 2.19. The minimum atomic E-state index is 0.602. The maximum Gasteiger partial charge on any atom is 0.178 e. The van der Waals surface area contributed by atoms with Crippen LogP contribution in [0.3, 0.4) is 0 Å². The molecule has 0 saturated heterocycles. The van der Waals surface area contributed by atoms with Gasteiger partial charge < -0.3 is 9.55 Å². The number of benzene rings is 1. The SMILES string of the molecule is CC(C)C(Cn1c(=S)[nH]c2c(Cl)cccc21)C(C)C. The quantitative estimate of drug-likeness (QED) is 0.761. The van der Waals surface area contributed by atoms with Crippen LogP contribution >= 0.6 is 23.8 Å². The molecule has 1 heterocycles. The van der Waals surface area contributed by atoms with E-state index in [-0.39, 0.29) is 0 Å². The number of hydrogen-bond donors (Lipinski definition) is 1. The minimum Gasteiger partial charge on any atom is -0.329 e. The second-order valence-corrected chi connectivity index (χ2v) is 6.62. The van der Waals surface area contributed by atoms with Crippen LogP contribution in [0.1, 0.15) is 27.7 Å². The summed E-state index contributed by atoms with van der Waals surface area (Å²) in [5.74, 6) is 1.86. The lowest BCUT2D eigenvalue weighted by Crippen LogP contribution is -2.21. The van der Waals surface area contributed by atoms with Crippen LogP contribution in [0.25, 0.3) is 11.0 Å². The second-order valence-electron chi connectivity index (χ2n) is 5.83. The Kier molecular flexibility index (Phi) is 4.36. The summed E-state index contributed by atoms with van der Waals surface area (Å²) in [7, 11) is 0. The maximum atomic E-state index is 6.21. The summed E-state index contributed by atoms with van der Waals surface area (Å²) < 4.78 is 2.94. The van der Waals surface area contributed by atoms with Gasteiger partial charge in [-0.1, -0.05) is 45.4 Å². The summed E-state index contributed by atoms with van der Waals surface area (Å²) >= 11 is 11.7. The van der Waals surface area contributed by atoms with Crippen molar-refractivity contribution in [2.24, 2.45) is 17.8 Å². The molecule has 0 saturated carbocycles. The first-order valence-corrected chi connectivity index (χ1v) is 7.57. The number of nitrogens with zero attached hydrogens (tertiary/aromatic N) is 1.